The summed E-state index contributed by atoms with van der Waals surface area (Å²) in [6, 6.07) is 20.6. The zero-order valence-corrected chi connectivity index (χ0v) is 19.9. The van der Waals surface area contributed by atoms with Crippen LogP contribution >= 0.6 is 0 Å². The van der Waals surface area contributed by atoms with Gasteiger partial charge in [0.2, 0.25) is 11.8 Å². The van der Waals surface area contributed by atoms with Gasteiger partial charge in [-0.15, -0.1) is 10.2 Å². The molecule has 1 atom stereocenters. The third-order valence-corrected chi connectivity index (χ3v) is 6.73. The van der Waals surface area contributed by atoms with Crippen molar-refractivity contribution in [3.8, 4) is 5.75 Å². The average molecular weight is 470 g/mol. The highest BCUT2D eigenvalue weighted by Crippen LogP contribution is 2.44. The van der Waals surface area contributed by atoms with E-state index < -0.39 is 5.54 Å². The zero-order chi connectivity index (χ0) is 24.4. The molecular weight excluding hydrogens is 441 g/mol. The van der Waals surface area contributed by atoms with Crippen molar-refractivity contribution in [3.63, 3.8) is 0 Å². The summed E-state index contributed by atoms with van der Waals surface area (Å²) in [5, 5.41) is 18.2. The second-order valence-electron chi connectivity index (χ2n) is 9.03. The fourth-order valence-corrected chi connectivity index (χ4v) is 4.92. The van der Waals surface area contributed by atoms with Gasteiger partial charge in [-0.1, -0.05) is 37.3 Å². The topological polar surface area (TPSA) is 62.4 Å². The zero-order valence-electron chi connectivity index (χ0n) is 19.9. The number of aryl methyl sites for hydroxylation is 1. The molecule has 6 heteroatoms. The van der Waals surface area contributed by atoms with Gasteiger partial charge in [0.05, 0.1) is 5.54 Å². The molecule has 0 fully saturated rings. The molecule has 3 aromatic carbocycles. The van der Waals surface area contributed by atoms with Gasteiger partial charge in [-0.05, 0) is 84.5 Å². The first kappa shape index (κ1) is 22.8. The van der Waals surface area contributed by atoms with Crippen molar-refractivity contribution in [2.24, 2.45) is 0 Å². The van der Waals surface area contributed by atoms with Crippen LogP contribution in [0, 0.1) is 5.82 Å². The summed E-state index contributed by atoms with van der Waals surface area (Å²) in [5.74, 6) is 1.16. The van der Waals surface area contributed by atoms with Crippen LogP contribution in [-0.4, -0.2) is 21.8 Å². The highest BCUT2D eigenvalue weighted by Gasteiger charge is 2.40. The van der Waals surface area contributed by atoms with E-state index >= 15 is 0 Å². The van der Waals surface area contributed by atoms with Crippen LogP contribution in [0.25, 0.3) is 12.2 Å². The first-order valence-corrected chi connectivity index (χ1v) is 11.9. The maximum atomic E-state index is 13.7. The highest BCUT2D eigenvalue weighted by atomic mass is 19.1. The molecule has 4 aromatic rings. The summed E-state index contributed by atoms with van der Waals surface area (Å²) in [4.78, 5) is 2.31. The monoisotopic (exact) mass is 469 g/mol. The van der Waals surface area contributed by atoms with Crippen molar-refractivity contribution in [3.05, 3.63) is 107 Å². The number of aromatic hydroxyl groups is 1. The number of rotatable bonds is 6. The Morgan fingerprint density at radius 3 is 2.54 bits per heavy atom. The molecule has 1 aliphatic heterocycles. The quantitative estimate of drug-likeness (QED) is 0.356. The van der Waals surface area contributed by atoms with Gasteiger partial charge in [-0.25, -0.2) is 4.39 Å². The van der Waals surface area contributed by atoms with Crippen LogP contribution in [0.15, 0.2) is 71.1 Å². The standard InChI is InChI=1S/C29H28FN3O2/c1-3-4-27-31-32-28(35-27)16-7-20-5-8-22(9-6-20)29(2)26-15-14-25(34)19-21(26)17-18-33(29)24-12-10-23(30)11-13-24/h5-16,19,34H,3-4,17-18H2,1-2H3. The Morgan fingerprint density at radius 1 is 1.03 bits per heavy atom. The van der Waals surface area contributed by atoms with Crippen LogP contribution < -0.4 is 4.90 Å². The maximum Gasteiger partial charge on any atom is 0.240 e. The molecule has 35 heavy (non-hydrogen) atoms. The SMILES string of the molecule is CCCc1nnc(C=Cc2ccc(C3(C)c4ccc(O)cc4CCN3c3ccc(F)cc3)cc2)o1. The molecule has 1 unspecified atom stereocenters. The fourth-order valence-electron chi connectivity index (χ4n) is 4.92. The second-order valence-corrected chi connectivity index (χ2v) is 9.03. The lowest BCUT2D eigenvalue weighted by Crippen LogP contribution is -2.49. The first-order valence-electron chi connectivity index (χ1n) is 11.9. The third kappa shape index (κ3) is 4.44. The number of benzene rings is 3. The van der Waals surface area contributed by atoms with E-state index in [1.165, 1.54) is 12.1 Å². The molecule has 0 saturated carbocycles. The van der Waals surface area contributed by atoms with Crippen molar-refractivity contribution in [1.29, 1.82) is 0 Å². The van der Waals surface area contributed by atoms with E-state index in [1.54, 1.807) is 6.07 Å². The summed E-state index contributed by atoms with van der Waals surface area (Å²) in [7, 11) is 0. The summed E-state index contributed by atoms with van der Waals surface area (Å²) < 4.78 is 19.3. The van der Waals surface area contributed by atoms with Gasteiger partial charge in [0.1, 0.15) is 11.6 Å². The van der Waals surface area contributed by atoms with Gasteiger partial charge in [-0.2, -0.15) is 0 Å². The number of phenolic OH excluding ortho intramolecular Hbond substituents is 1. The normalized spacial score (nSPS) is 17.6. The van der Waals surface area contributed by atoms with E-state index in [-0.39, 0.29) is 11.6 Å². The van der Waals surface area contributed by atoms with Gasteiger partial charge < -0.3 is 14.4 Å². The van der Waals surface area contributed by atoms with Gasteiger partial charge >= 0.3 is 0 Å². The number of aromatic nitrogens is 2. The Labute approximate surface area is 204 Å². The van der Waals surface area contributed by atoms with E-state index in [2.05, 4.69) is 53.2 Å². The number of anilines is 1. The van der Waals surface area contributed by atoms with E-state index in [1.807, 2.05) is 36.4 Å². The number of hydrogen-bond donors (Lipinski definition) is 1. The van der Waals surface area contributed by atoms with E-state index in [9.17, 15) is 9.50 Å². The smallest absolute Gasteiger partial charge is 0.240 e. The van der Waals surface area contributed by atoms with Crippen LogP contribution in [0.5, 0.6) is 5.75 Å². The molecule has 1 aromatic heterocycles. The van der Waals surface area contributed by atoms with E-state index in [0.29, 0.717) is 11.8 Å². The van der Waals surface area contributed by atoms with Crippen LogP contribution in [0.1, 0.15) is 54.3 Å². The Bertz CT molecular complexity index is 1350. The summed E-state index contributed by atoms with van der Waals surface area (Å²) in [6.07, 6.45) is 6.31. The van der Waals surface area contributed by atoms with Gasteiger partial charge in [0.25, 0.3) is 0 Å². The van der Waals surface area contributed by atoms with Gasteiger partial charge in [0.15, 0.2) is 0 Å². The van der Waals surface area contributed by atoms with Gasteiger partial charge in [-0.3, -0.25) is 0 Å². The van der Waals surface area contributed by atoms with Gasteiger partial charge in [0, 0.05) is 24.7 Å². The Balaban J connectivity index is 1.50. The Morgan fingerprint density at radius 2 is 1.80 bits per heavy atom. The molecule has 1 aliphatic rings. The minimum absolute atomic E-state index is 0.253. The predicted molar refractivity (Wildman–Crippen MR) is 136 cm³/mol. The number of nitrogens with zero attached hydrogens (tertiary/aromatic N) is 3. The largest absolute Gasteiger partial charge is 0.508 e. The Hall–Kier alpha value is -3.93. The van der Waals surface area contributed by atoms with Crippen molar-refractivity contribution >= 4 is 17.8 Å². The maximum absolute atomic E-state index is 13.7. The van der Waals surface area contributed by atoms with Crippen molar-refractivity contribution in [2.75, 3.05) is 11.4 Å². The van der Waals surface area contributed by atoms with Crippen molar-refractivity contribution < 1.29 is 13.9 Å². The molecule has 0 radical (unpaired) electrons. The lowest BCUT2D eigenvalue weighted by molar-refractivity contribution is 0.463. The van der Waals surface area contributed by atoms with Crippen LogP contribution in [0.4, 0.5) is 10.1 Å². The molecule has 1 N–H and O–H groups in total. The van der Waals surface area contributed by atoms with E-state index in [4.69, 9.17) is 4.42 Å². The van der Waals surface area contributed by atoms with Crippen LogP contribution in [-0.2, 0) is 18.4 Å². The van der Waals surface area contributed by atoms with Crippen LogP contribution in [0.2, 0.25) is 0 Å². The van der Waals surface area contributed by atoms with Crippen molar-refractivity contribution in [1.82, 2.24) is 10.2 Å². The molecule has 5 rings (SSSR count). The summed E-state index contributed by atoms with van der Waals surface area (Å²) >= 11 is 0. The molecule has 0 saturated heterocycles. The first-order chi connectivity index (χ1) is 17.0. The minimum atomic E-state index is -0.497. The molecule has 0 aliphatic carbocycles. The summed E-state index contributed by atoms with van der Waals surface area (Å²) in [5.41, 5.74) is 4.83. The Kier molecular flexibility index (Phi) is 6.12. The number of hydrogen-bond acceptors (Lipinski definition) is 5. The molecule has 178 valence electrons. The molecule has 2 heterocycles. The van der Waals surface area contributed by atoms with Crippen molar-refractivity contribution in [2.45, 2.75) is 38.6 Å². The van der Waals surface area contributed by atoms with Crippen LogP contribution in [0.3, 0.4) is 0 Å². The number of fused-ring (bicyclic) bond motifs is 1. The fraction of sp³-hybridized carbons (Fsp3) is 0.241. The molecule has 5 nitrogen and oxygen atoms in total. The molecule has 0 spiro atoms. The third-order valence-electron chi connectivity index (χ3n) is 6.73. The predicted octanol–water partition coefficient (Wildman–Crippen LogP) is 6.36. The highest BCUT2D eigenvalue weighted by molar-refractivity contribution is 5.67. The molecular formula is C29H28FN3O2. The molecule has 0 amide bonds. The number of halogens is 1. The molecule has 0 bridgehead atoms. The number of phenols is 1. The minimum Gasteiger partial charge on any atom is -0.508 e. The second kappa shape index (κ2) is 9.37. The van der Waals surface area contributed by atoms with E-state index in [0.717, 1.165) is 53.7 Å². The lowest BCUT2D eigenvalue weighted by atomic mass is 9.76. The average Bonchev–Trinajstić information content (AvgIpc) is 3.31. The lowest BCUT2D eigenvalue weighted by Gasteiger charge is -2.48. The summed E-state index contributed by atoms with van der Waals surface area (Å²) in [6.45, 7) is 5.01.